The number of hydrogen-bond acceptors (Lipinski definition) is 3. The van der Waals surface area contributed by atoms with Gasteiger partial charge in [0, 0.05) is 6.04 Å². The van der Waals surface area contributed by atoms with Crippen LogP contribution in [0.25, 0.3) is 0 Å². The molecule has 21 heavy (non-hydrogen) atoms. The zero-order chi connectivity index (χ0) is 15.5. The quantitative estimate of drug-likeness (QED) is 0.865. The first-order chi connectivity index (χ1) is 9.94. The van der Waals surface area contributed by atoms with Gasteiger partial charge >= 0.3 is 0 Å². The number of nitriles is 1. The SMILES string of the molecule is CC1CCCCCC1NS(=O)(=O)c1ccc(C#N)c(Cl)c1. The molecular weight excluding hydrogens is 308 g/mol. The van der Waals surface area contributed by atoms with Crippen molar-refractivity contribution in [3.63, 3.8) is 0 Å². The second kappa shape index (κ2) is 6.78. The van der Waals surface area contributed by atoms with Crippen LogP contribution in [0.15, 0.2) is 23.1 Å². The summed E-state index contributed by atoms with van der Waals surface area (Å²) in [5, 5.41) is 9.00. The third kappa shape index (κ3) is 3.97. The molecule has 0 spiro atoms. The maximum absolute atomic E-state index is 12.5. The zero-order valence-electron chi connectivity index (χ0n) is 12.0. The van der Waals surface area contributed by atoms with Crippen molar-refractivity contribution in [2.75, 3.05) is 0 Å². The Bertz CT molecular complexity index is 652. The highest BCUT2D eigenvalue weighted by Gasteiger charge is 2.26. The Labute approximate surface area is 131 Å². The van der Waals surface area contributed by atoms with Gasteiger partial charge in [-0.25, -0.2) is 13.1 Å². The molecule has 1 N–H and O–H groups in total. The maximum atomic E-state index is 12.5. The summed E-state index contributed by atoms with van der Waals surface area (Å²) in [6, 6.07) is 6.09. The van der Waals surface area contributed by atoms with Crippen LogP contribution < -0.4 is 4.72 Å². The van der Waals surface area contributed by atoms with Crippen molar-refractivity contribution >= 4 is 21.6 Å². The predicted octanol–water partition coefficient (Wildman–Crippen LogP) is 3.46. The highest BCUT2D eigenvalue weighted by Crippen LogP contribution is 2.25. The van der Waals surface area contributed by atoms with Crippen molar-refractivity contribution in [2.24, 2.45) is 5.92 Å². The van der Waals surface area contributed by atoms with E-state index in [0.717, 1.165) is 32.1 Å². The molecule has 1 aliphatic carbocycles. The molecule has 2 atom stereocenters. The number of nitrogens with zero attached hydrogens (tertiary/aromatic N) is 1. The van der Waals surface area contributed by atoms with Crippen LogP contribution in [-0.4, -0.2) is 14.5 Å². The summed E-state index contributed by atoms with van der Waals surface area (Å²) in [4.78, 5) is 0.114. The highest BCUT2D eigenvalue weighted by atomic mass is 35.5. The summed E-state index contributed by atoms with van der Waals surface area (Å²) in [6.45, 7) is 2.09. The second-order valence-electron chi connectivity index (χ2n) is 5.60. The van der Waals surface area contributed by atoms with E-state index < -0.39 is 10.0 Å². The minimum Gasteiger partial charge on any atom is -0.208 e. The van der Waals surface area contributed by atoms with Crippen molar-refractivity contribution in [1.82, 2.24) is 4.72 Å². The molecule has 1 aliphatic rings. The number of halogens is 1. The lowest BCUT2D eigenvalue weighted by atomic mass is 9.98. The van der Waals surface area contributed by atoms with Gasteiger partial charge in [0.1, 0.15) is 6.07 Å². The third-order valence-corrected chi connectivity index (χ3v) is 5.84. The van der Waals surface area contributed by atoms with E-state index in [0.29, 0.717) is 5.92 Å². The van der Waals surface area contributed by atoms with E-state index in [1.54, 1.807) is 0 Å². The second-order valence-corrected chi connectivity index (χ2v) is 7.72. The standard InChI is InChI=1S/C15H19ClN2O2S/c1-11-5-3-2-4-6-15(11)18-21(19,20)13-8-7-12(10-17)14(16)9-13/h7-9,11,15,18H,2-6H2,1H3. The normalized spacial score (nSPS) is 23.3. The molecule has 1 aromatic carbocycles. The fourth-order valence-electron chi connectivity index (χ4n) is 2.69. The summed E-state index contributed by atoms with van der Waals surface area (Å²) < 4.78 is 27.7. The molecule has 114 valence electrons. The number of hydrogen-bond donors (Lipinski definition) is 1. The van der Waals surface area contributed by atoms with Crippen LogP contribution in [0, 0.1) is 17.2 Å². The number of rotatable bonds is 3. The molecule has 0 heterocycles. The molecule has 0 aliphatic heterocycles. The summed E-state index contributed by atoms with van der Waals surface area (Å²) >= 11 is 5.92. The van der Waals surface area contributed by atoms with E-state index in [9.17, 15) is 8.42 Å². The van der Waals surface area contributed by atoms with E-state index in [2.05, 4.69) is 11.6 Å². The Morgan fingerprint density at radius 3 is 2.67 bits per heavy atom. The monoisotopic (exact) mass is 326 g/mol. The van der Waals surface area contributed by atoms with Crippen LogP contribution in [0.2, 0.25) is 5.02 Å². The predicted molar refractivity (Wildman–Crippen MR) is 82.5 cm³/mol. The molecule has 2 unspecified atom stereocenters. The molecule has 0 aromatic heterocycles. The molecule has 0 radical (unpaired) electrons. The first-order valence-corrected chi connectivity index (χ1v) is 9.02. The van der Waals surface area contributed by atoms with E-state index in [1.807, 2.05) is 6.07 Å². The Balaban J connectivity index is 2.21. The van der Waals surface area contributed by atoms with Gasteiger partial charge < -0.3 is 0 Å². The van der Waals surface area contributed by atoms with E-state index in [4.69, 9.17) is 16.9 Å². The first kappa shape index (κ1) is 16.3. The molecule has 0 saturated heterocycles. The number of benzene rings is 1. The Kier molecular flexibility index (Phi) is 5.26. The topological polar surface area (TPSA) is 70.0 Å². The molecular formula is C15H19ClN2O2S. The van der Waals surface area contributed by atoms with Crippen molar-refractivity contribution < 1.29 is 8.42 Å². The lowest BCUT2D eigenvalue weighted by molar-refractivity contribution is 0.399. The van der Waals surface area contributed by atoms with Gasteiger partial charge in [-0.1, -0.05) is 37.8 Å². The Hall–Kier alpha value is -1.09. The van der Waals surface area contributed by atoms with Crippen LogP contribution in [-0.2, 0) is 10.0 Å². The van der Waals surface area contributed by atoms with Gasteiger partial charge in [0.05, 0.1) is 15.5 Å². The first-order valence-electron chi connectivity index (χ1n) is 7.16. The summed E-state index contributed by atoms with van der Waals surface area (Å²) in [5.41, 5.74) is 0.276. The van der Waals surface area contributed by atoms with Gasteiger partial charge in [0.15, 0.2) is 0 Å². The van der Waals surface area contributed by atoms with Gasteiger partial charge in [-0.2, -0.15) is 5.26 Å². The van der Waals surface area contributed by atoms with Gasteiger partial charge in [-0.3, -0.25) is 0 Å². The zero-order valence-corrected chi connectivity index (χ0v) is 13.5. The van der Waals surface area contributed by atoms with Crippen LogP contribution in [0.1, 0.15) is 44.6 Å². The molecule has 2 rings (SSSR count). The Morgan fingerprint density at radius 1 is 1.29 bits per heavy atom. The number of sulfonamides is 1. The minimum absolute atomic E-state index is 0.0353. The van der Waals surface area contributed by atoms with Crippen LogP contribution in [0.3, 0.4) is 0 Å². The number of nitrogens with one attached hydrogen (secondary N) is 1. The summed E-state index contributed by atoms with van der Waals surface area (Å²) in [7, 11) is -3.60. The maximum Gasteiger partial charge on any atom is 0.240 e. The van der Waals surface area contributed by atoms with Crippen LogP contribution >= 0.6 is 11.6 Å². The van der Waals surface area contributed by atoms with Gasteiger partial charge in [0.25, 0.3) is 0 Å². The van der Waals surface area contributed by atoms with Gasteiger partial charge in [0.2, 0.25) is 10.0 Å². The molecule has 1 saturated carbocycles. The molecule has 1 fully saturated rings. The van der Waals surface area contributed by atoms with E-state index in [-0.39, 0.29) is 21.5 Å². The van der Waals surface area contributed by atoms with Gasteiger partial charge in [-0.05, 0) is 37.0 Å². The lowest BCUT2D eigenvalue weighted by Gasteiger charge is -2.22. The fraction of sp³-hybridized carbons (Fsp3) is 0.533. The van der Waals surface area contributed by atoms with Gasteiger partial charge in [-0.15, -0.1) is 0 Å². The molecule has 0 bridgehead atoms. The molecule has 6 heteroatoms. The third-order valence-electron chi connectivity index (χ3n) is 4.04. The average molecular weight is 327 g/mol. The van der Waals surface area contributed by atoms with Crippen molar-refractivity contribution in [2.45, 2.75) is 50.0 Å². The molecule has 1 aromatic rings. The summed E-state index contributed by atoms with van der Waals surface area (Å²) in [5.74, 6) is 0.330. The molecule has 4 nitrogen and oxygen atoms in total. The van der Waals surface area contributed by atoms with Crippen molar-refractivity contribution in [1.29, 1.82) is 5.26 Å². The molecule has 0 amide bonds. The summed E-state index contributed by atoms with van der Waals surface area (Å²) in [6.07, 6.45) is 5.27. The largest absolute Gasteiger partial charge is 0.240 e. The van der Waals surface area contributed by atoms with E-state index in [1.165, 1.54) is 18.2 Å². The lowest BCUT2D eigenvalue weighted by Crippen LogP contribution is -2.38. The average Bonchev–Trinajstić information content (AvgIpc) is 2.64. The highest BCUT2D eigenvalue weighted by molar-refractivity contribution is 7.89. The van der Waals surface area contributed by atoms with Crippen molar-refractivity contribution in [3.8, 4) is 6.07 Å². The minimum atomic E-state index is -3.60. The van der Waals surface area contributed by atoms with Crippen molar-refractivity contribution in [3.05, 3.63) is 28.8 Å². The Morgan fingerprint density at radius 2 is 2.00 bits per heavy atom. The fourth-order valence-corrected chi connectivity index (χ4v) is 4.38. The smallest absolute Gasteiger partial charge is 0.208 e. The van der Waals surface area contributed by atoms with Crippen LogP contribution in [0.5, 0.6) is 0 Å². The van der Waals surface area contributed by atoms with E-state index >= 15 is 0 Å². The van der Waals surface area contributed by atoms with Crippen LogP contribution in [0.4, 0.5) is 0 Å².